The fraction of sp³-hybridized carbons (Fsp3) is 0.308. The topological polar surface area (TPSA) is 43.8 Å². The van der Waals surface area contributed by atoms with E-state index in [1.165, 1.54) is 5.56 Å². The van der Waals surface area contributed by atoms with Crippen LogP contribution >= 0.6 is 11.6 Å². The Balaban J connectivity index is 2.46. The van der Waals surface area contributed by atoms with Gasteiger partial charge in [0.15, 0.2) is 0 Å². The number of rotatable bonds is 3. The first-order valence-corrected chi connectivity index (χ1v) is 6.02. The van der Waals surface area contributed by atoms with Crippen LogP contribution in [0.25, 0.3) is 5.69 Å². The number of aryl methyl sites for hydroxylation is 1. The molecule has 4 heteroatoms. The quantitative estimate of drug-likeness (QED) is 0.909. The summed E-state index contributed by atoms with van der Waals surface area (Å²) < 4.78 is 1.94. The molecule has 90 valence electrons. The Labute approximate surface area is 106 Å². The predicted octanol–water partition coefficient (Wildman–Crippen LogP) is 2.64. The van der Waals surface area contributed by atoms with Crippen LogP contribution in [0.1, 0.15) is 17.0 Å². The second-order valence-electron chi connectivity index (χ2n) is 4.08. The van der Waals surface area contributed by atoms with Gasteiger partial charge in [0.25, 0.3) is 0 Å². The number of aromatic nitrogens is 2. The standard InChI is InChI=1S/C13H16ClN3/c1-9-13(7-8-15)10(2)17(16-9)12-5-3-11(14)4-6-12/h3-6H,7-8,15H2,1-2H3. The van der Waals surface area contributed by atoms with E-state index in [-0.39, 0.29) is 0 Å². The number of nitrogens with two attached hydrogens (primary N) is 1. The van der Waals surface area contributed by atoms with Crippen molar-refractivity contribution >= 4 is 11.6 Å². The first kappa shape index (κ1) is 12.1. The molecule has 0 saturated heterocycles. The van der Waals surface area contributed by atoms with Crippen LogP contribution in [0, 0.1) is 13.8 Å². The molecule has 0 bridgehead atoms. The Morgan fingerprint density at radius 1 is 1.24 bits per heavy atom. The SMILES string of the molecule is Cc1nn(-c2ccc(Cl)cc2)c(C)c1CCN. The molecule has 0 atom stereocenters. The lowest BCUT2D eigenvalue weighted by molar-refractivity contribution is 0.832. The maximum absolute atomic E-state index is 5.88. The molecule has 1 heterocycles. The largest absolute Gasteiger partial charge is 0.330 e. The normalized spacial score (nSPS) is 10.8. The number of hydrogen-bond donors (Lipinski definition) is 1. The van der Waals surface area contributed by atoms with E-state index in [1.807, 2.05) is 35.9 Å². The van der Waals surface area contributed by atoms with Crippen LogP contribution in [0.15, 0.2) is 24.3 Å². The number of nitrogens with zero attached hydrogens (tertiary/aromatic N) is 2. The highest BCUT2D eigenvalue weighted by molar-refractivity contribution is 6.30. The molecule has 0 fully saturated rings. The summed E-state index contributed by atoms with van der Waals surface area (Å²) in [4.78, 5) is 0. The Kier molecular flexibility index (Phi) is 3.50. The van der Waals surface area contributed by atoms with Crippen molar-refractivity contribution < 1.29 is 0 Å². The van der Waals surface area contributed by atoms with Crippen LogP contribution in [-0.4, -0.2) is 16.3 Å². The zero-order valence-electron chi connectivity index (χ0n) is 10.1. The summed E-state index contributed by atoms with van der Waals surface area (Å²) in [5.74, 6) is 0. The average Bonchev–Trinajstić information content (AvgIpc) is 2.59. The summed E-state index contributed by atoms with van der Waals surface area (Å²) in [7, 11) is 0. The maximum atomic E-state index is 5.88. The lowest BCUT2D eigenvalue weighted by atomic mass is 10.1. The minimum atomic E-state index is 0.647. The molecule has 3 nitrogen and oxygen atoms in total. The lowest BCUT2D eigenvalue weighted by Gasteiger charge is -2.05. The van der Waals surface area contributed by atoms with Crippen molar-refractivity contribution in [2.45, 2.75) is 20.3 Å². The van der Waals surface area contributed by atoms with E-state index in [4.69, 9.17) is 17.3 Å². The van der Waals surface area contributed by atoms with Gasteiger partial charge in [-0.05, 0) is 56.6 Å². The van der Waals surface area contributed by atoms with E-state index >= 15 is 0 Å². The molecule has 2 N–H and O–H groups in total. The van der Waals surface area contributed by atoms with Gasteiger partial charge in [0.1, 0.15) is 0 Å². The minimum Gasteiger partial charge on any atom is -0.330 e. The summed E-state index contributed by atoms with van der Waals surface area (Å²) in [6.07, 6.45) is 0.866. The van der Waals surface area contributed by atoms with Crippen molar-refractivity contribution in [2.75, 3.05) is 6.54 Å². The number of halogens is 1. The van der Waals surface area contributed by atoms with Gasteiger partial charge < -0.3 is 5.73 Å². The zero-order valence-corrected chi connectivity index (χ0v) is 10.8. The molecule has 17 heavy (non-hydrogen) atoms. The van der Waals surface area contributed by atoms with Crippen LogP contribution in [0.5, 0.6) is 0 Å². The summed E-state index contributed by atoms with van der Waals surface area (Å²) in [5, 5.41) is 5.28. The lowest BCUT2D eigenvalue weighted by Crippen LogP contribution is -2.05. The Hall–Kier alpha value is -1.32. The van der Waals surface area contributed by atoms with Crippen molar-refractivity contribution in [1.82, 2.24) is 9.78 Å². The highest BCUT2D eigenvalue weighted by atomic mass is 35.5. The zero-order chi connectivity index (χ0) is 12.4. The van der Waals surface area contributed by atoms with Crippen LogP contribution in [-0.2, 0) is 6.42 Å². The van der Waals surface area contributed by atoms with Crippen LogP contribution in [0.2, 0.25) is 5.02 Å². The van der Waals surface area contributed by atoms with Gasteiger partial charge in [0, 0.05) is 10.7 Å². The van der Waals surface area contributed by atoms with Crippen molar-refractivity contribution in [3.8, 4) is 5.69 Å². The third-order valence-corrected chi connectivity index (χ3v) is 3.16. The van der Waals surface area contributed by atoms with Gasteiger partial charge in [0.2, 0.25) is 0 Å². The Morgan fingerprint density at radius 2 is 1.88 bits per heavy atom. The third kappa shape index (κ3) is 2.35. The second kappa shape index (κ2) is 4.90. The van der Waals surface area contributed by atoms with E-state index in [0.29, 0.717) is 6.54 Å². The molecule has 0 unspecified atom stereocenters. The van der Waals surface area contributed by atoms with E-state index < -0.39 is 0 Å². The smallest absolute Gasteiger partial charge is 0.0649 e. The van der Waals surface area contributed by atoms with Gasteiger partial charge in [-0.25, -0.2) is 4.68 Å². The summed E-state index contributed by atoms with van der Waals surface area (Å²) in [6, 6.07) is 7.67. The van der Waals surface area contributed by atoms with Gasteiger partial charge in [-0.15, -0.1) is 0 Å². The Morgan fingerprint density at radius 3 is 2.47 bits per heavy atom. The summed E-state index contributed by atoms with van der Waals surface area (Å²) in [6.45, 7) is 4.73. The molecule has 0 amide bonds. The molecule has 0 spiro atoms. The van der Waals surface area contributed by atoms with Crippen molar-refractivity contribution in [1.29, 1.82) is 0 Å². The van der Waals surface area contributed by atoms with E-state index in [1.54, 1.807) is 0 Å². The maximum Gasteiger partial charge on any atom is 0.0649 e. The molecule has 2 aromatic rings. The molecule has 0 aliphatic heterocycles. The fourth-order valence-corrected chi connectivity index (χ4v) is 2.14. The van der Waals surface area contributed by atoms with Crippen LogP contribution < -0.4 is 5.73 Å². The van der Waals surface area contributed by atoms with Crippen molar-refractivity contribution in [3.63, 3.8) is 0 Å². The summed E-state index contributed by atoms with van der Waals surface area (Å²) >= 11 is 5.88. The van der Waals surface area contributed by atoms with Gasteiger partial charge in [0.05, 0.1) is 11.4 Å². The molecule has 1 aromatic heterocycles. The summed E-state index contributed by atoms with van der Waals surface area (Å²) in [5.41, 5.74) is 10.1. The third-order valence-electron chi connectivity index (χ3n) is 2.91. The van der Waals surface area contributed by atoms with Gasteiger partial charge in [-0.3, -0.25) is 0 Å². The van der Waals surface area contributed by atoms with Gasteiger partial charge >= 0.3 is 0 Å². The average molecular weight is 250 g/mol. The highest BCUT2D eigenvalue weighted by Gasteiger charge is 2.11. The van der Waals surface area contributed by atoms with Crippen LogP contribution in [0.4, 0.5) is 0 Å². The fourth-order valence-electron chi connectivity index (χ4n) is 2.01. The molecule has 1 aromatic carbocycles. The van der Waals surface area contributed by atoms with Gasteiger partial charge in [-0.1, -0.05) is 11.6 Å². The molecular weight excluding hydrogens is 234 g/mol. The molecule has 0 aliphatic rings. The predicted molar refractivity (Wildman–Crippen MR) is 70.8 cm³/mol. The van der Waals surface area contributed by atoms with Crippen molar-refractivity contribution in [2.24, 2.45) is 5.73 Å². The molecule has 0 saturated carbocycles. The monoisotopic (exact) mass is 249 g/mol. The highest BCUT2D eigenvalue weighted by Crippen LogP contribution is 2.19. The van der Waals surface area contributed by atoms with E-state index in [9.17, 15) is 0 Å². The van der Waals surface area contributed by atoms with Crippen molar-refractivity contribution in [3.05, 3.63) is 46.2 Å². The molecule has 2 rings (SSSR count). The number of benzene rings is 1. The first-order valence-electron chi connectivity index (χ1n) is 5.64. The first-order chi connectivity index (χ1) is 8.13. The van der Waals surface area contributed by atoms with E-state index in [2.05, 4.69) is 12.0 Å². The van der Waals surface area contributed by atoms with Crippen LogP contribution in [0.3, 0.4) is 0 Å². The molecular formula is C13H16ClN3. The number of hydrogen-bond acceptors (Lipinski definition) is 2. The van der Waals surface area contributed by atoms with E-state index in [0.717, 1.165) is 28.5 Å². The van der Waals surface area contributed by atoms with Gasteiger partial charge in [-0.2, -0.15) is 5.10 Å². The molecule has 0 aliphatic carbocycles. The Bertz CT molecular complexity index is 514. The second-order valence-corrected chi connectivity index (χ2v) is 4.51. The molecule has 0 radical (unpaired) electrons. The minimum absolute atomic E-state index is 0.647.